The van der Waals surface area contributed by atoms with E-state index in [1.165, 1.54) is 0 Å². The number of benzene rings is 1. The number of oxime groups is 1. The maximum absolute atomic E-state index is 8.82. The van der Waals surface area contributed by atoms with Gasteiger partial charge < -0.3 is 20.6 Å². The first-order valence-electron chi connectivity index (χ1n) is 5.64. The Labute approximate surface area is 100 Å². The highest BCUT2D eigenvalue weighted by Crippen LogP contribution is 2.25. The summed E-state index contributed by atoms with van der Waals surface area (Å²) in [5.41, 5.74) is 8.64. The van der Waals surface area contributed by atoms with Crippen molar-refractivity contribution < 1.29 is 9.94 Å². The first-order chi connectivity index (χ1) is 8.24. The Hall–Kier alpha value is -1.75. The van der Waals surface area contributed by atoms with Gasteiger partial charge in [-0.05, 0) is 18.6 Å². The van der Waals surface area contributed by atoms with Crippen molar-refractivity contribution >= 4 is 11.5 Å². The molecule has 1 aliphatic rings. The molecule has 0 unspecified atom stereocenters. The highest BCUT2D eigenvalue weighted by molar-refractivity contribution is 6.02. The number of hydrogen-bond acceptors (Lipinski definition) is 4. The van der Waals surface area contributed by atoms with Crippen LogP contribution < -0.4 is 10.6 Å². The van der Waals surface area contributed by atoms with E-state index in [4.69, 9.17) is 15.7 Å². The van der Waals surface area contributed by atoms with Gasteiger partial charge in [0.2, 0.25) is 0 Å². The molecular weight excluding hydrogens is 218 g/mol. The molecule has 1 fully saturated rings. The first kappa shape index (κ1) is 11.7. The smallest absolute Gasteiger partial charge is 0.172 e. The van der Waals surface area contributed by atoms with Crippen LogP contribution in [-0.2, 0) is 4.74 Å². The summed E-state index contributed by atoms with van der Waals surface area (Å²) in [6, 6.07) is 5.80. The summed E-state index contributed by atoms with van der Waals surface area (Å²) in [5, 5.41) is 11.9. The molecule has 0 aromatic heterocycles. The number of hydrogen-bond donors (Lipinski definition) is 2. The van der Waals surface area contributed by atoms with Gasteiger partial charge in [-0.2, -0.15) is 0 Å². The zero-order valence-electron chi connectivity index (χ0n) is 9.89. The number of para-hydroxylation sites is 1. The number of rotatable bonds is 2. The van der Waals surface area contributed by atoms with Gasteiger partial charge >= 0.3 is 0 Å². The van der Waals surface area contributed by atoms with Crippen molar-refractivity contribution in [2.24, 2.45) is 10.9 Å². The molecule has 1 heterocycles. The monoisotopic (exact) mass is 235 g/mol. The molecule has 1 aromatic rings. The topological polar surface area (TPSA) is 71.1 Å². The van der Waals surface area contributed by atoms with Crippen molar-refractivity contribution in [2.75, 3.05) is 31.2 Å². The Morgan fingerprint density at radius 3 is 2.76 bits per heavy atom. The molecule has 1 aliphatic heterocycles. The molecule has 0 bridgehead atoms. The Balaban J connectivity index is 2.42. The van der Waals surface area contributed by atoms with Crippen LogP contribution in [0.1, 0.15) is 11.1 Å². The van der Waals surface area contributed by atoms with E-state index < -0.39 is 0 Å². The number of anilines is 1. The normalized spacial score (nSPS) is 17.2. The molecule has 0 radical (unpaired) electrons. The fourth-order valence-corrected chi connectivity index (χ4v) is 2.13. The third-order valence-electron chi connectivity index (χ3n) is 2.95. The zero-order valence-corrected chi connectivity index (χ0v) is 9.89. The quantitative estimate of drug-likeness (QED) is 0.346. The van der Waals surface area contributed by atoms with Gasteiger partial charge in [0, 0.05) is 18.7 Å². The van der Waals surface area contributed by atoms with Gasteiger partial charge in [0.25, 0.3) is 0 Å². The number of aryl methyl sites for hydroxylation is 1. The average Bonchev–Trinajstić information content (AvgIpc) is 2.38. The number of nitrogens with two attached hydrogens (primary N) is 1. The van der Waals surface area contributed by atoms with Crippen LogP contribution in [0.3, 0.4) is 0 Å². The number of ether oxygens (including phenoxy) is 1. The molecular formula is C12H17N3O2. The molecule has 92 valence electrons. The van der Waals surface area contributed by atoms with Gasteiger partial charge in [-0.3, -0.25) is 0 Å². The van der Waals surface area contributed by atoms with E-state index in [9.17, 15) is 0 Å². The molecule has 17 heavy (non-hydrogen) atoms. The van der Waals surface area contributed by atoms with Crippen LogP contribution in [0.15, 0.2) is 23.4 Å². The average molecular weight is 235 g/mol. The fraction of sp³-hybridized carbons (Fsp3) is 0.417. The largest absolute Gasteiger partial charge is 0.409 e. The second kappa shape index (κ2) is 5.05. The lowest BCUT2D eigenvalue weighted by molar-refractivity contribution is 0.122. The van der Waals surface area contributed by atoms with Crippen molar-refractivity contribution in [1.82, 2.24) is 0 Å². The van der Waals surface area contributed by atoms with Crippen LogP contribution in [0.4, 0.5) is 5.69 Å². The third-order valence-corrected chi connectivity index (χ3v) is 2.95. The van der Waals surface area contributed by atoms with Crippen LogP contribution >= 0.6 is 0 Å². The Bertz CT molecular complexity index is 426. The number of morpholine rings is 1. The molecule has 1 aromatic carbocycles. The molecule has 0 amide bonds. The Morgan fingerprint density at radius 2 is 2.12 bits per heavy atom. The van der Waals surface area contributed by atoms with Crippen LogP contribution in [0.2, 0.25) is 0 Å². The van der Waals surface area contributed by atoms with Crippen molar-refractivity contribution in [3.63, 3.8) is 0 Å². The lowest BCUT2D eigenvalue weighted by atomic mass is 10.1. The molecule has 5 heteroatoms. The highest BCUT2D eigenvalue weighted by atomic mass is 16.5. The summed E-state index contributed by atoms with van der Waals surface area (Å²) in [4.78, 5) is 2.21. The number of nitrogens with zero attached hydrogens (tertiary/aromatic N) is 2. The van der Waals surface area contributed by atoms with E-state index in [1.807, 2.05) is 25.1 Å². The van der Waals surface area contributed by atoms with Crippen LogP contribution in [-0.4, -0.2) is 37.3 Å². The van der Waals surface area contributed by atoms with E-state index in [-0.39, 0.29) is 5.84 Å². The maximum Gasteiger partial charge on any atom is 0.172 e. The second-order valence-corrected chi connectivity index (χ2v) is 4.06. The highest BCUT2D eigenvalue weighted by Gasteiger charge is 2.18. The lowest BCUT2D eigenvalue weighted by Crippen LogP contribution is -2.38. The predicted octanol–water partition coefficient (Wildman–Crippen LogP) is 0.926. The van der Waals surface area contributed by atoms with Gasteiger partial charge in [-0.1, -0.05) is 17.3 Å². The zero-order chi connectivity index (χ0) is 12.3. The standard InChI is InChI=1S/C12H17N3O2/c1-9-3-2-4-10(12(13)14-16)11(9)15-5-7-17-8-6-15/h2-4,16H,5-8H2,1H3,(H2,13,14). The summed E-state index contributed by atoms with van der Waals surface area (Å²) in [5.74, 6) is 0.148. The van der Waals surface area contributed by atoms with Gasteiger partial charge in [0.1, 0.15) is 0 Å². The van der Waals surface area contributed by atoms with Crippen LogP contribution in [0.25, 0.3) is 0 Å². The van der Waals surface area contributed by atoms with Gasteiger partial charge in [-0.25, -0.2) is 0 Å². The molecule has 3 N–H and O–H groups in total. The van der Waals surface area contributed by atoms with E-state index in [1.54, 1.807) is 0 Å². The summed E-state index contributed by atoms with van der Waals surface area (Å²) in [6.45, 7) is 5.11. The van der Waals surface area contributed by atoms with E-state index >= 15 is 0 Å². The molecule has 0 saturated carbocycles. The van der Waals surface area contributed by atoms with E-state index in [0.29, 0.717) is 13.2 Å². The molecule has 0 atom stereocenters. The minimum atomic E-state index is 0.148. The molecule has 0 aliphatic carbocycles. The molecule has 5 nitrogen and oxygen atoms in total. The maximum atomic E-state index is 8.82. The Morgan fingerprint density at radius 1 is 1.41 bits per heavy atom. The van der Waals surface area contributed by atoms with Gasteiger partial charge in [0.05, 0.1) is 18.9 Å². The molecule has 2 rings (SSSR count). The lowest BCUT2D eigenvalue weighted by Gasteiger charge is -2.31. The van der Waals surface area contributed by atoms with Crippen molar-refractivity contribution in [2.45, 2.75) is 6.92 Å². The number of amidine groups is 1. The van der Waals surface area contributed by atoms with Crippen molar-refractivity contribution in [1.29, 1.82) is 0 Å². The molecule has 0 spiro atoms. The summed E-state index contributed by atoms with van der Waals surface area (Å²) in [7, 11) is 0. The van der Waals surface area contributed by atoms with E-state index in [0.717, 1.165) is 29.9 Å². The summed E-state index contributed by atoms with van der Waals surface area (Å²) in [6.07, 6.45) is 0. The SMILES string of the molecule is Cc1cccc(/C(N)=N/O)c1N1CCOCC1. The Kier molecular flexibility index (Phi) is 3.49. The third kappa shape index (κ3) is 2.34. The van der Waals surface area contributed by atoms with Crippen molar-refractivity contribution in [3.8, 4) is 0 Å². The van der Waals surface area contributed by atoms with E-state index in [2.05, 4.69) is 10.1 Å². The minimum absolute atomic E-state index is 0.148. The van der Waals surface area contributed by atoms with Crippen molar-refractivity contribution in [3.05, 3.63) is 29.3 Å². The van der Waals surface area contributed by atoms with Crippen LogP contribution in [0, 0.1) is 6.92 Å². The molecule has 1 saturated heterocycles. The minimum Gasteiger partial charge on any atom is -0.409 e. The van der Waals surface area contributed by atoms with Gasteiger partial charge in [0.15, 0.2) is 5.84 Å². The summed E-state index contributed by atoms with van der Waals surface area (Å²) < 4.78 is 5.34. The predicted molar refractivity (Wildman–Crippen MR) is 66.7 cm³/mol. The van der Waals surface area contributed by atoms with Gasteiger partial charge in [-0.15, -0.1) is 0 Å². The fourth-order valence-electron chi connectivity index (χ4n) is 2.13. The van der Waals surface area contributed by atoms with Crippen LogP contribution in [0.5, 0.6) is 0 Å². The first-order valence-corrected chi connectivity index (χ1v) is 5.64. The second-order valence-electron chi connectivity index (χ2n) is 4.06. The summed E-state index contributed by atoms with van der Waals surface area (Å²) >= 11 is 0.